The van der Waals surface area contributed by atoms with E-state index in [1.807, 2.05) is 0 Å². The van der Waals surface area contributed by atoms with Crippen LogP contribution in [-0.4, -0.2) is 37.5 Å². The monoisotopic (exact) mass is 615 g/mol. The number of nitrogens with one attached hydrogen (secondary N) is 2. The number of hydrogen-bond donors (Lipinski definition) is 2. The van der Waals surface area contributed by atoms with Crippen LogP contribution >= 0.6 is 27.5 Å². The van der Waals surface area contributed by atoms with Gasteiger partial charge in [-0.25, -0.2) is 14.1 Å². The molecule has 1 fully saturated rings. The van der Waals surface area contributed by atoms with Crippen LogP contribution in [-0.2, 0) is 14.4 Å². The highest BCUT2D eigenvalue weighted by Crippen LogP contribution is 2.38. The minimum absolute atomic E-state index is 0.194. The molecular formula is C27H20BrClFN3O6. The molecule has 12 heteroatoms. The number of halogens is 3. The minimum atomic E-state index is -0.895. The number of carbonyl (C=O) groups is 4. The van der Waals surface area contributed by atoms with Gasteiger partial charge in [-0.05, 0) is 88.6 Å². The van der Waals surface area contributed by atoms with Crippen molar-refractivity contribution in [2.75, 3.05) is 23.9 Å². The maximum absolute atomic E-state index is 13.3. The van der Waals surface area contributed by atoms with Gasteiger partial charge in [-0.1, -0.05) is 17.7 Å². The van der Waals surface area contributed by atoms with E-state index < -0.39 is 29.6 Å². The molecule has 4 rings (SSSR count). The van der Waals surface area contributed by atoms with Crippen LogP contribution in [0.2, 0.25) is 5.02 Å². The Morgan fingerprint density at radius 3 is 2.54 bits per heavy atom. The average Bonchev–Trinajstić information content (AvgIpc) is 2.88. The van der Waals surface area contributed by atoms with Gasteiger partial charge in [-0.15, -0.1) is 0 Å². The molecule has 0 unspecified atom stereocenters. The smallest absolute Gasteiger partial charge is 0.335 e. The van der Waals surface area contributed by atoms with E-state index in [0.717, 1.165) is 4.90 Å². The van der Waals surface area contributed by atoms with Crippen LogP contribution in [0.1, 0.15) is 11.1 Å². The summed E-state index contributed by atoms with van der Waals surface area (Å²) in [5.74, 6) is -2.23. The molecule has 1 aliphatic heterocycles. The van der Waals surface area contributed by atoms with Gasteiger partial charge in [-0.3, -0.25) is 19.7 Å². The van der Waals surface area contributed by atoms with Gasteiger partial charge in [0.15, 0.2) is 18.1 Å². The first kappa shape index (κ1) is 27.8. The summed E-state index contributed by atoms with van der Waals surface area (Å²) >= 11 is 9.42. The van der Waals surface area contributed by atoms with E-state index in [9.17, 15) is 23.6 Å². The molecule has 0 radical (unpaired) electrons. The highest BCUT2D eigenvalue weighted by Gasteiger charge is 2.37. The van der Waals surface area contributed by atoms with E-state index >= 15 is 0 Å². The molecule has 0 spiro atoms. The molecule has 1 saturated heterocycles. The second kappa shape index (κ2) is 11.7. The Balaban J connectivity index is 1.57. The fraction of sp³-hybridized carbons (Fsp3) is 0.111. The Bertz CT molecular complexity index is 1530. The topological polar surface area (TPSA) is 114 Å². The van der Waals surface area contributed by atoms with Crippen molar-refractivity contribution in [3.05, 3.63) is 86.6 Å². The van der Waals surface area contributed by atoms with Crippen LogP contribution in [0.15, 0.2) is 64.6 Å². The first-order chi connectivity index (χ1) is 18.6. The van der Waals surface area contributed by atoms with Crippen molar-refractivity contribution >= 4 is 68.7 Å². The molecule has 200 valence electrons. The van der Waals surface area contributed by atoms with E-state index in [4.69, 9.17) is 21.1 Å². The number of nitrogens with zero attached hydrogens (tertiary/aromatic N) is 1. The lowest BCUT2D eigenvalue weighted by Gasteiger charge is -2.27. The third-order valence-corrected chi connectivity index (χ3v) is 6.38. The number of rotatable bonds is 7. The van der Waals surface area contributed by atoms with Gasteiger partial charge in [0.1, 0.15) is 11.4 Å². The van der Waals surface area contributed by atoms with Crippen molar-refractivity contribution in [2.45, 2.75) is 6.92 Å². The zero-order valence-corrected chi connectivity index (χ0v) is 22.9. The van der Waals surface area contributed by atoms with Gasteiger partial charge in [0.2, 0.25) is 0 Å². The third-order valence-electron chi connectivity index (χ3n) is 5.55. The largest absolute Gasteiger partial charge is 0.493 e. The highest BCUT2D eigenvalue weighted by molar-refractivity contribution is 9.10. The molecule has 0 saturated carbocycles. The molecule has 5 amide bonds. The number of carbonyl (C=O) groups excluding carboxylic acids is 4. The summed E-state index contributed by atoms with van der Waals surface area (Å²) in [5.41, 5.74) is 1.32. The summed E-state index contributed by atoms with van der Waals surface area (Å²) in [5, 5.41) is 5.06. The number of amides is 5. The standard InChI is InChI=1S/C27H20BrClFN3O6/c1-14-3-4-16(29)12-21(14)33-26(36)19(25(35)32-27(33)37)9-15-10-20(28)24(22(11-15)38-2)39-13-23(34)31-18-7-5-17(30)6-8-18/h3-12H,13H2,1-2H3,(H,31,34)(H,32,35,37)/b19-9+. The molecular weight excluding hydrogens is 597 g/mol. The van der Waals surface area contributed by atoms with E-state index in [2.05, 4.69) is 26.6 Å². The lowest BCUT2D eigenvalue weighted by molar-refractivity contribution is -0.122. The number of aryl methyl sites for hydroxylation is 1. The lowest BCUT2D eigenvalue weighted by Crippen LogP contribution is -2.54. The van der Waals surface area contributed by atoms with Crippen molar-refractivity contribution in [1.29, 1.82) is 0 Å². The van der Waals surface area contributed by atoms with Gasteiger partial charge >= 0.3 is 6.03 Å². The molecule has 0 bridgehead atoms. The maximum Gasteiger partial charge on any atom is 0.335 e. The molecule has 3 aromatic rings. The number of methoxy groups -OCH3 is 1. The Hall–Kier alpha value is -4.22. The van der Waals surface area contributed by atoms with Crippen molar-refractivity contribution in [3.8, 4) is 11.5 Å². The first-order valence-corrected chi connectivity index (χ1v) is 12.5. The van der Waals surface area contributed by atoms with Crippen LogP contribution < -0.4 is 25.0 Å². The number of ether oxygens (including phenoxy) is 2. The summed E-state index contributed by atoms with van der Waals surface area (Å²) in [6.45, 7) is 1.32. The van der Waals surface area contributed by atoms with Crippen molar-refractivity contribution in [2.24, 2.45) is 0 Å². The van der Waals surface area contributed by atoms with Crippen molar-refractivity contribution < 1.29 is 33.0 Å². The molecule has 0 atom stereocenters. The van der Waals surface area contributed by atoms with Crippen LogP contribution in [0.5, 0.6) is 11.5 Å². The van der Waals surface area contributed by atoms with Crippen molar-refractivity contribution in [3.63, 3.8) is 0 Å². The summed E-state index contributed by atoms with van der Waals surface area (Å²) in [6, 6.07) is 12.1. The quantitative estimate of drug-likeness (QED) is 0.277. The van der Waals surface area contributed by atoms with Gasteiger partial charge in [0.05, 0.1) is 17.3 Å². The Labute approximate surface area is 235 Å². The number of imide groups is 2. The number of hydrogen-bond acceptors (Lipinski definition) is 6. The zero-order chi connectivity index (χ0) is 28.3. The second-order valence-corrected chi connectivity index (χ2v) is 9.56. The van der Waals surface area contributed by atoms with E-state index in [0.29, 0.717) is 26.3 Å². The first-order valence-electron chi connectivity index (χ1n) is 11.3. The minimum Gasteiger partial charge on any atom is -0.493 e. The predicted molar refractivity (Wildman–Crippen MR) is 146 cm³/mol. The molecule has 39 heavy (non-hydrogen) atoms. The molecule has 2 N–H and O–H groups in total. The Morgan fingerprint density at radius 2 is 1.85 bits per heavy atom. The van der Waals surface area contributed by atoms with Crippen LogP contribution in [0.3, 0.4) is 0 Å². The van der Waals surface area contributed by atoms with E-state index in [1.165, 1.54) is 49.6 Å². The van der Waals surface area contributed by atoms with Crippen LogP contribution in [0.4, 0.5) is 20.6 Å². The van der Waals surface area contributed by atoms with E-state index in [-0.39, 0.29) is 29.4 Å². The fourth-order valence-corrected chi connectivity index (χ4v) is 4.44. The average molecular weight is 617 g/mol. The van der Waals surface area contributed by atoms with Crippen LogP contribution in [0.25, 0.3) is 6.08 Å². The molecule has 0 aliphatic carbocycles. The predicted octanol–water partition coefficient (Wildman–Crippen LogP) is 5.24. The SMILES string of the molecule is COc1cc(/C=C2\C(=O)NC(=O)N(c3cc(Cl)ccc3C)C2=O)cc(Br)c1OCC(=O)Nc1ccc(F)cc1. The van der Waals surface area contributed by atoms with Gasteiger partial charge in [-0.2, -0.15) is 0 Å². The maximum atomic E-state index is 13.3. The Morgan fingerprint density at radius 1 is 1.13 bits per heavy atom. The number of anilines is 2. The number of urea groups is 1. The Kier molecular flexibility index (Phi) is 8.32. The number of benzene rings is 3. The van der Waals surface area contributed by atoms with Gasteiger partial charge in [0.25, 0.3) is 17.7 Å². The van der Waals surface area contributed by atoms with E-state index in [1.54, 1.807) is 25.1 Å². The third kappa shape index (κ3) is 6.27. The molecule has 1 heterocycles. The summed E-state index contributed by atoms with van der Waals surface area (Å²) in [7, 11) is 1.38. The highest BCUT2D eigenvalue weighted by atomic mass is 79.9. The zero-order valence-electron chi connectivity index (χ0n) is 20.5. The summed E-state index contributed by atoms with van der Waals surface area (Å²) in [4.78, 5) is 51.5. The number of barbiturate groups is 1. The molecule has 1 aliphatic rings. The molecule has 0 aromatic heterocycles. The lowest BCUT2D eigenvalue weighted by atomic mass is 10.1. The van der Waals surface area contributed by atoms with Gasteiger partial charge < -0.3 is 14.8 Å². The summed E-state index contributed by atoms with van der Waals surface area (Å²) in [6.07, 6.45) is 1.30. The van der Waals surface area contributed by atoms with Gasteiger partial charge in [0, 0.05) is 10.7 Å². The summed E-state index contributed by atoms with van der Waals surface area (Å²) < 4.78 is 24.4. The van der Waals surface area contributed by atoms with Crippen LogP contribution in [0, 0.1) is 12.7 Å². The molecule has 3 aromatic carbocycles. The fourth-order valence-electron chi connectivity index (χ4n) is 3.70. The molecule has 9 nitrogen and oxygen atoms in total. The second-order valence-electron chi connectivity index (χ2n) is 8.27. The normalized spacial score (nSPS) is 14.3. The van der Waals surface area contributed by atoms with Crippen molar-refractivity contribution in [1.82, 2.24) is 5.32 Å².